The van der Waals surface area contributed by atoms with Gasteiger partial charge in [0.05, 0.1) is 23.4 Å². The molecule has 2 unspecified atom stereocenters. The first-order chi connectivity index (χ1) is 11.6. The van der Waals surface area contributed by atoms with Crippen molar-refractivity contribution in [1.29, 1.82) is 0 Å². The second-order valence-corrected chi connectivity index (χ2v) is 7.86. The lowest BCUT2D eigenvalue weighted by Crippen LogP contribution is -2.49. The summed E-state index contributed by atoms with van der Waals surface area (Å²) in [6.45, 7) is 6.38. The molecule has 0 bridgehead atoms. The number of morpholine rings is 1. The lowest BCUT2D eigenvalue weighted by atomic mass is 9.96. The predicted molar refractivity (Wildman–Crippen MR) is 94.1 cm³/mol. The SMILES string of the molecule is C=CC(=O)N1CCCC(C(=O)N2CCOC(c3ccc(Cl)s3)C2)C1. The standard InChI is InChI=1S/C17H21ClN2O3S/c1-2-16(21)19-7-3-4-12(10-19)17(22)20-8-9-23-13(11-20)14-5-6-15(18)24-14/h2,5-6,12-13H,1,3-4,7-11H2. The Bertz CT molecular complexity index is 633. The minimum atomic E-state index is -0.131. The maximum Gasteiger partial charge on any atom is 0.245 e. The maximum atomic E-state index is 12.9. The molecule has 0 saturated carbocycles. The largest absolute Gasteiger partial charge is 0.369 e. The van der Waals surface area contributed by atoms with E-state index in [1.165, 1.54) is 17.4 Å². The Kier molecular flexibility index (Phi) is 5.58. The summed E-state index contributed by atoms with van der Waals surface area (Å²) in [5, 5.41) is 0. The summed E-state index contributed by atoms with van der Waals surface area (Å²) in [4.78, 5) is 29.3. The number of rotatable bonds is 3. The molecule has 24 heavy (non-hydrogen) atoms. The van der Waals surface area contributed by atoms with Gasteiger partial charge in [0, 0.05) is 24.5 Å². The first-order valence-corrected chi connectivity index (χ1v) is 9.35. The van der Waals surface area contributed by atoms with Gasteiger partial charge in [0.2, 0.25) is 11.8 Å². The molecule has 2 atom stereocenters. The second-order valence-electron chi connectivity index (χ2n) is 6.11. The number of hydrogen-bond donors (Lipinski definition) is 0. The minimum Gasteiger partial charge on any atom is -0.369 e. The van der Waals surface area contributed by atoms with E-state index in [4.69, 9.17) is 16.3 Å². The van der Waals surface area contributed by atoms with Gasteiger partial charge in [-0.25, -0.2) is 0 Å². The van der Waals surface area contributed by atoms with E-state index in [0.29, 0.717) is 32.8 Å². The zero-order chi connectivity index (χ0) is 17.1. The molecule has 2 aliphatic rings. The van der Waals surface area contributed by atoms with E-state index in [1.54, 1.807) is 4.90 Å². The topological polar surface area (TPSA) is 49.9 Å². The number of carbonyl (C=O) groups is 2. The third kappa shape index (κ3) is 3.82. The lowest BCUT2D eigenvalue weighted by Gasteiger charge is -2.38. The summed E-state index contributed by atoms with van der Waals surface area (Å²) in [5.74, 6) is -0.110. The van der Waals surface area contributed by atoms with Crippen LogP contribution in [0.4, 0.5) is 0 Å². The molecule has 2 saturated heterocycles. The Morgan fingerprint density at radius 1 is 1.29 bits per heavy atom. The van der Waals surface area contributed by atoms with Crippen LogP contribution < -0.4 is 0 Å². The summed E-state index contributed by atoms with van der Waals surface area (Å²) in [6, 6.07) is 3.81. The van der Waals surface area contributed by atoms with Crippen LogP contribution in [-0.4, -0.2) is 54.4 Å². The molecule has 5 nitrogen and oxygen atoms in total. The number of hydrogen-bond acceptors (Lipinski definition) is 4. The molecule has 0 aliphatic carbocycles. The molecule has 2 aliphatic heterocycles. The van der Waals surface area contributed by atoms with E-state index in [-0.39, 0.29) is 23.8 Å². The number of carbonyl (C=O) groups excluding carboxylic acids is 2. The minimum absolute atomic E-state index is 0.0967. The normalized spacial score (nSPS) is 24.7. The summed E-state index contributed by atoms with van der Waals surface area (Å²) in [6.07, 6.45) is 2.88. The van der Waals surface area contributed by atoms with Gasteiger partial charge < -0.3 is 14.5 Å². The smallest absolute Gasteiger partial charge is 0.245 e. The average Bonchev–Trinajstić information content (AvgIpc) is 3.07. The lowest BCUT2D eigenvalue weighted by molar-refractivity contribution is -0.146. The van der Waals surface area contributed by atoms with Crippen molar-refractivity contribution in [3.63, 3.8) is 0 Å². The molecule has 2 amide bonds. The molecule has 0 radical (unpaired) electrons. The molecule has 0 N–H and O–H groups in total. The predicted octanol–water partition coefficient (Wildman–Crippen LogP) is 2.73. The van der Waals surface area contributed by atoms with E-state index in [0.717, 1.165) is 22.1 Å². The van der Waals surface area contributed by atoms with Crippen LogP contribution in [0, 0.1) is 5.92 Å². The molecule has 1 aromatic heterocycles. The maximum absolute atomic E-state index is 12.9. The van der Waals surface area contributed by atoms with Gasteiger partial charge in [-0.3, -0.25) is 9.59 Å². The number of likely N-dealkylation sites (tertiary alicyclic amines) is 1. The molecule has 130 valence electrons. The number of halogens is 1. The molecular formula is C17H21ClN2O3S. The van der Waals surface area contributed by atoms with Crippen molar-refractivity contribution in [2.24, 2.45) is 5.92 Å². The van der Waals surface area contributed by atoms with Crippen LogP contribution in [0.5, 0.6) is 0 Å². The highest BCUT2D eigenvalue weighted by atomic mass is 35.5. The second kappa shape index (κ2) is 7.68. The van der Waals surface area contributed by atoms with Crippen molar-refractivity contribution in [2.45, 2.75) is 18.9 Å². The van der Waals surface area contributed by atoms with E-state index < -0.39 is 0 Å². The summed E-state index contributed by atoms with van der Waals surface area (Å²) in [5.41, 5.74) is 0. The van der Waals surface area contributed by atoms with E-state index in [2.05, 4.69) is 6.58 Å². The quantitative estimate of drug-likeness (QED) is 0.771. The highest BCUT2D eigenvalue weighted by molar-refractivity contribution is 7.16. The van der Waals surface area contributed by atoms with E-state index in [9.17, 15) is 9.59 Å². The zero-order valence-electron chi connectivity index (χ0n) is 13.4. The average molecular weight is 369 g/mol. The summed E-state index contributed by atoms with van der Waals surface area (Å²) >= 11 is 7.49. The Balaban J connectivity index is 1.63. The monoisotopic (exact) mass is 368 g/mol. The fourth-order valence-electron chi connectivity index (χ4n) is 3.29. The Morgan fingerprint density at radius 3 is 2.83 bits per heavy atom. The molecule has 3 rings (SSSR count). The van der Waals surface area contributed by atoms with Gasteiger partial charge in [-0.15, -0.1) is 11.3 Å². The van der Waals surface area contributed by atoms with Crippen molar-refractivity contribution in [1.82, 2.24) is 9.80 Å². The van der Waals surface area contributed by atoms with Crippen LogP contribution >= 0.6 is 22.9 Å². The van der Waals surface area contributed by atoms with Gasteiger partial charge in [-0.1, -0.05) is 18.2 Å². The van der Waals surface area contributed by atoms with Gasteiger partial charge in [0.1, 0.15) is 6.10 Å². The fourth-order valence-corrected chi connectivity index (χ4v) is 4.39. The highest BCUT2D eigenvalue weighted by Crippen LogP contribution is 2.32. The zero-order valence-corrected chi connectivity index (χ0v) is 15.0. The van der Waals surface area contributed by atoms with E-state index >= 15 is 0 Å². The van der Waals surface area contributed by atoms with Crippen LogP contribution in [0.1, 0.15) is 23.8 Å². The van der Waals surface area contributed by atoms with Crippen molar-refractivity contribution in [2.75, 3.05) is 32.8 Å². The van der Waals surface area contributed by atoms with E-state index in [1.807, 2.05) is 17.0 Å². The van der Waals surface area contributed by atoms with Crippen molar-refractivity contribution >= 4 is 34.8 Å². The third-order valence-electron chi connectivity index (χ3n) is 4.55. The Morgan fingerprint density at radius 2 is 2.12 bits per heavy atom. The van der Waals surface area contributed by atoms with Crippen molar-refractivity contribution < 1.29 is 14.3 Å². The van der Waals surface area contributed by atoms with Crippen LogP contribution in [0.15, 0.2) is 24.8 Å². The summed E-state index contributed by atoms with van der Waals surface area (Å²) in [7, 11) is 0. The van der Waals surface area contributed by atoms with Gasteiger partial charge >= 0.3 is 0 Å². The molecule has 0 aromatic carbocycles. The van der Waals surface area contributed by atoms with Crippen molar-refractivity contribution in [3.8, 4) is 0 Å². The number of amides is 2. The molecule has 7 heteroatoms. The number of ether oxygens (including phenoxy) is 1. The molecule has 3 heterocycles. The van der Waals surface area contributed by atoms with Crippen LogP contribution in [0.3, 0.4) is 0 Å². The number of nitrogens with zero attached hydrogens (tertiary/aromatic N) is 2. The first-order valence-electron chi connectivity index (χ1n) is 8.15. The van der Waals surface area contributed by atoms with Crippen molar-refractivity contribution in [3.05, 3.63) is 34.0 Å². The van der Waals surface area contributed by atoms with Crippen LogP contribution in [0.25, 0.3) is 0 Å². The number of thiophene rings is 1. The van der Waals surface area contributed by atoms with Gasteiger partial charge in [-0.05, 0) is 31.1 Å². The number of piperidine rings is 1. The molecule has 1 aromatic rings. The van der Waals surface area contributed by atoms with Gasteiger partial charge in [-0.2, -0.15) is 0 Å². The van der Waals surface area contributed by atoms with Gasteiger partial charge in [0.15, 0.2) is 0 Å². The Labute approximate surface area is 150 Å². The summed E-state index contributed by atoms with van der Waals surface area (Å²) < 4.78 is 6.53. The fraction of sp³-hybridized carbons (Fsp3) is 0.529. The van der Waals surface area contributed by atoms with Crippen LogP contribution in [-0.2, 0) is 14.3 Å². The molecule has 0 spiro atoms. The van der Waals surface area contributed by atoms with Crippen LogP contribution in [0.2, 0.25) is 4.34 Å². The molecule has 2 fully saturated rings. The Hall–Kier alpha value is -1.37. The molecular weight excluding hydrogens is 348 g/mol. The third-order valence-corrected chi connectivity index (χ3v) is 5.87. The highest BCUT2D eigenvalue weighted by Gasteiger charge is 2.33. The van der Waals surface area contributed by atoms with Gasteiger partial charge in [0.25, 0.3) is 0 Å². The first kappa shape index (κ1) is 17.5.